The minimum atomic E-state index is 0.0534. The first-order valence-electron chi connectivity index (χ1n) is 6.48. The van der Waals surface area contributed by atoms with E-state index in [0.717, 1.165) is 25.2 Å². The monoisotopic (exact) mass is 281 g/mol. The molecule has 1 aliphatic heterocycles. The van der Waals surface area contributed by atoms with Crippen LogP contribution in [-0.4, -0.2) is 55.0 Å². The van der Waals surface area contributed by atoms with Crippen LogP contribution in [0.1, 0.15) is 15.9 Å². The molecular formula is C14H20ClN3O. The third-order valence-electron chi connectivity index (χ3n) is 3.64. The molecule has 4 nitrogen and oxygen atoms in total. The maximum atomic E-state index is 12.6. The van der Waals surface area contributed by atoms with E-state index in [-0.39, 0.29) is 11.9 Å². The van der Waals surface area contributed by atoms with Crippen molar-refractivity contribution in [2.75, 3.05) is 33.2 Å². The molecule has 0 bridgehead atoms. The Morgan fingerprint density at radius 3 is 2.84 bits per heavy atom. The van der Waals surface area contributed by atoms with Crippen LogP contribution in [0.2, 0.25) is 5.02 Å². The number of hydrogen-bond donors (Lipinski definition) is 1. The van der Waals surface area contributed by atoms with Gasteiger partial charge in [-0.05, 0) is 37.7 Å². The molecule has 5 heteroatoms. The SMILES string of the molecule is Cc1cc(Cl)ccc1C(=O)N1CCN(C)CC1CN. The lowest BCUT2D eigenvalue weighted by Crippen LogP contribution is -2.56. The summed E-state index contributed by atoms with van der Waals surface area (Å²) in [7, 11) is 2.05. The van der Waals surface area contributed by atoms with Crippen LogP contribution in [-0.2, 0) is 0 Å². The summed E-state index contributed by atoms with van der Waals surface area (Å²) >= 11 is 5.93. The quantitative estimate of drug-likeness (QED) is 0.891. The number of rotatable bonds is 2. The van der Waals surface area contributed by atoms with E-state index in [4.69, 9.17) is 17.3 Å². The van der Waals surface area contributed by atoms with Crippen molar-refractivity contribution in [2.45, 2.75) is 13.0 Å². The largest absolute Gasteiger partial charge is 0.332 e. The van der Waals surface area contributed by atoms with E-state index in [1.807, 2.05) is 17.9 Å². The van der Waals surface area contributed by atoms with Crippen LogP contribution in [0, 0.1) is 6.92 Å². The molecule has 1 saturated heterocycles. The molecule has 2 N–H and O–H groups in total. The van der Waals surface area contributed by atoms with Gasteiger partial charge in [-0.1, -0.05) is 11.6 Å². The number of piperazine rings is 1. The van der Waals surface area contributed by atoms with Gasteiger partial charge in [-0.2, -0.15) is 0 Å². The van der Waals surface area contributed by atoms with Crippen molar-refractivity contribution < 1.29 is 4.79 Å². The van der Waals surface area contributed by atoms with Gasteiger partial charge in [0.15, 0.2) is 0 Å². The molecule has 0 radical (unpaired) electrons. The van der Waals surface area contributed by atoms with Crippen LogP contribution in [0.3, 0.4) is 0 Å². The van der Waals surface area contributed by atoms with Crippen LogP contribution in [0.4, 0.5) is 0 Å². The molecule has 1 unspecified atom stereocenters. The second kappa shape index (κ2) is 5.90. The van der Waals surface area contributed by atoms with E-state index < -0.39 is 0 Å². The zero-order chi connectivity index (χ0) is 14.0. The Morgan fingerprint density at radius 1 is 1.47 bits per heavy atom. The minimum Gasteiger partial charge on any atom is -0.332 e. The number of nitrogens with zero attached hydrogens (tertiary/aromatic N) is 2. The average Bonchev–Trinajstić information content (AvgIpc) is 2.37. The fourth-order valence-electron chi connectivity index (χ4n) is 2.50. The molecule has 1 amide bonds. The van der Waals surface area contributed by atoms with Crippen molar-refractivity contribution in [1.82, 2.24) is 9.80 Å². The molecule has 0 spiro atoms. The van der Waals surface area contributed by atoms with E-state index >= 15 is 0 Å². The van der Waals surface area contributed by atoms with Gasteiger partial charge in [-0.3, -0.25) is 4.79 Å². The molecule has 104 valence electrons. The highest BCUT2D eigenvalue weighted by atomic mass is 35.5. The number of likely N-dealkylation sites (N-methyl/N-ethyl adjacent to an activating group) is 1. The normalized spacial score (nSPS) is 20.6. The summed E-state index contributed by atoms with van der Waals surface area (Å²) in [6.45, 7) is 4.83. The maximum absolute atomic E-state index is 12.6. The van der Waals surface area contributed by atoms with Crippen LogP contribution in [0.25, 0.3) is 0 Å². The van der Waals surface area contributed by atoms with Crippen molar-refractivity contribution >= 4 is 17.5 Å². The van der Waals surface area contributed by atoms with Crippen LogP contribution >= 0.6 is 11.6 Å². The molecule has 1 aromatic carbocycles. The standard InChI is InChI=1S/C14H20ClN3O/c1-10-7-11(15)3-4-13(10)14(19)18-6-5-17(2)9-12(18)8-16/h3-4,7,12H,5-6,8-9,16H2,1-2H3. The van der Waals surface area contributed by atoms with Gasteiger partial charge in [-0.25, -0.2) is 0 Å². The topological polar surface area (TPSA) is 49.6 Å². The van der Waals surface area contributed by atoms with Gasteiger partial charge >= 0.3 is 0 Å². The van der Waals surface area contributed by atoms with Gasteiger partial charge in [0.05, 0.1) is 6.04 Å². The van der Waals surface area contributed by atoms with E-state index in [2.05, 4.69) is 11.9 Å². The van der Waals surface area contributed by atoms with E-state index in [9.17, 15) is 4.79 Å². The number of hydrogen-bond acceptors (Lipinski definition) is 3. The highest BCUT2D eigenvalue weighted by molar-refractivity contribution is 6.30. The van der Waals surface area contributed by atoms with Gasteiger partial charge in [0.1, 0.15) is 0 Å². The summed E-state index contributed by atoms with van der Waals surface area (Å²) in [5.74, 6) is 0.0534. The maximum Gasteiger partial charge on any atom is 0.254 e. The van der Waals surface area contributed by atoms with E-state index in [0.29, 0.717) is 17.1 Å². The Kier molecular flexibility index (Phi) is 4.45. The average molecular weight is 282 g/mol. The smallest absolute Gasteiger partial charge is 0.254 e. The van der Waals surface area contributed by atoms with Crippen LogP contribution in [0.15, 0.2) is 18.2 Å². The van der Waals surface area contributed by atoms with Gasteiger partial charge < -0.3 is 15.5 Å². The first kappa shape index (κ1) is 14.3. The zero-order valence-corrected chi connectivity index (χ0v) is 12.2. The third kappa shape index (κ3) is 3.08. The fourth-order valence-corrected chi connectivity index (χ4v) is 2.73. The van der Waals surface area contributed by atoms with Crippen molar-refractivity contribution in [3.05, 3.63) is 34.3 Å². The molecule has 0 aliphatic carbocycles. The lowest BCUT2D eigenvalue weighted by molar-refractivity contribution is 0.0515. The predicted octanol–water partition coefficient (Wildman–Crippen LogP) is 1.36. The first-order chi connectivity index (χ1) is 9.02. The number of benzene rings is 1. The number of nitrogens with two attached hydrogens (primary N) is 1. The number of carbonyl (C=O) groups excluding carboxylic acids is 1. The van der Waals surface area contributed by atoms with Gasteiger partial charge in [0, 0.05) is 36.8 Å². The summed E-state index contributed by atoms with van der Waals surface area (Å²) < 4.78 is 0. The molecule has 1 aromatic rings. The van der Waals surface area contributed by atoms with Gasteiger partial charge in [0.25, 0.3) is 5.91 Å². The van der Waals surface area contributed by atoms with Crippen LogP contribution in [0.5, 0.6) is 0 Å². The molecule has 1 aliphatic rings. The summed E-state index contributed by atoms with van der Waals surface area (Å²) in [6, 6.07) is 5.46. The first-order valence-corrected chi connectivity index (χ1v) is 6.86. The lowest BCUT2D eigenvalue weighted by Gasteiger charge is -2.39. The van der Waals surface area contributed by atoms with Gasteiger partial charge in [-0.15, -0.1) is 0 Å². The summed E-state index contributed by atoms with van der Waals surface area (Å²) in [6.07, 6.45) is 0. The fraction of sp³-hybridized carbons (Fsp3) is 0.500. The van der Waals surface area contributed by atoms with Gasteiger partial charge in [0.2, 0.25) is 0 Å². The third-order valence-corrected chi connectivity index (χ3v) is 3.87. The lowest BCUT2D eigenvalue weighted by atomic mass is 10.1. The molecule has 0 aromatic heterocycles. The Labute approximate surface area is 119 Å². The second-order valence-electron chi connectivity index (χ2n) is 5.11. The Hall–Kier alpha value is -1.10. The highest BCUT2D eigenvalue weighted by Crippen LogP contribution is 2.19. The number of amides is 1. The van der Waals surface area contributed by atoms with Crippen LogP contribution < -0.4 is 5.73 Å². The summed E-state index contributed by atoms with van der Waals surface area (Å²) in [4.78, 5) is 16.7. The van der Waals surface area contributed by atoms with Crippen molar-refractivity contribution in [3.63, 3.8) is 0 Å². The molecule has 0 saturated carbocycles. The summed E-state index contributed by atoms with van der Waals surface area (Å²) in [5.41, 5.74) is 7.42. The van der Waals surface area contributed by atoms with Crippen molar-refractivity contribution in [2.24, 2.45) is 5.73 Å². The highest BCUT2D eigenvalue weighted by Gasteiger charge is 2.29. The van der Waals surface area contributed by atoms with E-state index in [1.165, 1.54) is 0 Å². The Bertz CT molecular complexity index is 478. The molecule has 1 fully saturated rings. The Morgan fingerprint density at radius 2 is 2.21 bits per heavy atom. The predicted molar refractivity (Wildman–Crippen MR) is 77.6 cm³/mol. The van der Waals surface area contributed by atoms with Crippen molar-refractivity contribution in [3.8, 4) is 0 Å². The molecule has 2 rings (SSSR count). The van der Waals surface area contributed by atoms with E-state index in [1.54, 1.807) is 12.1 Å². The summed E-state index contributed by atoms with van der Waals surface area (Å²) in [5, 5.41) is 0.655. The molecule has 19 heavy (non-hydrogen) atoms. The molecule has 1 atom stereocenters. The minimum absolute atomic E-state index is 0.0534. The number of carbonyl (C=O) groups is 1. The number of halogens is 1. The molecule has 1 heterocycles. The Balaban J connectivity index is 2.22. The van der Waals surface area contributed by atoms with Crippen molar-refractivity contribution in [1.29, 1.82) is 0 Å². The zero-order valence-electron chi connectivity index (χ0n) is 11.4. The second-order valence-corrected chi connectivity index (χ2v) is 5.55. The number of aryl methyl sites for hydroxylation is 1. The molecular weight excluding hydrogens is 262 g/mol.